The Morgan fingerprint density at radius 2 is 2.13 bits per heavy atom. The number of sulfone groups is 1. The van der Waals surface area contributed by atoms with Crippen LogP contribution in [0.5, 0.6) is 0 Å². The Morgan fingerprint density at radius 3 is 2.90 bits per heavy atom. The first kappa shape index (κ1) is 20.6. The molecular weight excluding hydrogens is 411 g/mol. The van der Waals surface area contributed by atoms with Crippen molar-refractivity contribution < 1.29 is 22.3 Å². The molecule has 30 heavy (non-hydrogen) atoms. The predicted octanol–water partition coefficient (Wildman–Crippen LogP) is 3.39. The summed E-state index contributed by atoms with van der Waals surface area (Å²) >= 11 is 0. The van der Waals surface area contributed by atoms with Crippen molar-refractivity contribution in [2.24, 2.45) is 0 Å². The summed E-state index contributed by atoms with van der Waals surface area (Å²) in [6.45, 7) is 3.75. The summed E-state index contributed by atoms with van der Waals surface area (Å²) in [6.07, 6.45) is 1.94. The van der Waals surface area contributed by atoms with Crippen LogP contribution in [0.4, 0.5) is 20.7 Å². The van der Waals surface area contributed by atoms with Crippen molar-refractivity contribution in [1.29, 1.82) is 0 Å². The number of anilines is 2. The monoisotopic (exact) mass is 436 g/mol. The maximum Gasteiger partial charge on any atom is 0.407 e. The molecule has 10 heteroatoms. The molecule has 1 aromatic carbocycles. The fraction of sp³-hybridized carbons (Fsp3) is 0.500. The lowest BCUT2D eigenvalue weighted by Crippen LogP contribution is -2.33. The summed E-state index contributed by atoms with van der Waals surface area (Å²) in [5.74, 6) is 0.00481. The summed E-state index contributed by atoms with van der Waals surface area (Å²) in [7, 11) is -3.38. The van der Waals surface area contributed by atoms with E-state index in [2.05, 4.69) is 20.8 Å². The van der Waals surface area contributed by atoms with Crippen molar-refractivity contribution in [3.8, 4) is 0 Å². The number of aromatic nitrogens is 2. The first-order valence-electron chi connectivity index (χ1n) is 10.1. The van der Waals surface area contributed by atoms with Crippen LogP contribution in [0.1, 0.15) is 50.3 Å². The van der Waals surface area contributed by atoms with Gasteiger partial charge in [0.15, 0.2) is 21.5 Å². The number of amides is 1. The molecule has 2 atom stereocenters. The predicted molar refractivity (Wildman–Crippen MR) is 109 cm³/mol. The molecule has 1 amide bonds. The number of hydrogen-bond donors (Lipinski definition) is 3. The zero-order chi connectivity index (χ0) is 21.5. The summed E-state index contributed by atoms with van der Waals surface area (Å²) < 4.78 is 44.1. The van der Waals surface area contributed by atoms with Crippen LogP contribution >= 0.6 is 0 Å². The molecule has 2 unspecified atom stereocenters. The molecule has 0 spiro atoms. The number of aromatic amines is 1. The minimum Gasteiger partial charge on any atom is -0.446 e. The molecule has 4 rings (SSSR count). The number of H-pyrrole nitrogens is 1. The number of fused-ring (bicyclic) bond motifs is 1. The molecule has 1 aliphatic carbocycles. The fourth-order valence-corrected chi connectivity index (χ4v) is 5.60. The van der Waals surface area contributed by atoms with Gasteiger partial charge in [-0.3, -0.25) is 5.10 Å². The van der Waals surface area contributed by atoms with E-state index in [0.29, 0.717) is 12.2 Å². The van der Waals surface area contributed by atoms with Gasteiger partial charge in [0.25, 0.3) is 0 Å². The highest BCUT2D eigenvalue weighted by Gasteiger charge is 2.31. The van der Waals surface area contributed by atoms with Crippen LogP contribution in [0, 0.1) is 5.82 Å². The van der Waals surface area contributed by atoms with E-state index in [4.69, 9.17) is 4.74 Å². The Kier molecular flexibility index (Phi) is 5.44. The van der Waals surface area contributed by atoms with Gasteiger partial charge in [0.2, 0.25) is 0 Å². The van der Waals surface area contributed by atoms with Crippen molar-refractivity contribution in [3.05, 3.63) is 35.3 Å². The molecule has 8 nitrogen and oxygen atoms in total. The lowest BCUT2D eigenvalue weighted by atomic mass is 10.0. The van der Waals surface area contributed by atoms with Gasteiger partial charge >= 0.3 is 6.09 Å². The van der Waals surface area contributed by atoms with Gasteiger partial charge in [-0.25, -0.2) is 17.6 Å². The molecule has 0 radical (unpaired) electrons. The maximum absolute atomic E-state index is 14.8. The Morgan fingerprint density at radius 1 is 1.33 bits per heavy atom. The average Bonchev–Trinajstić information content (AvgIpc) is 3.36. The van der Waals surface area contributed by atoms with Gasteiger partial charge in [-0.2, -0.15) is 5.10 Å². The second-order valence-electron chi connectivity index (χ2n) is 8.14. The average molecular weight is 437 g/mol. The number of hydrogen-bond acceptors (Lipinski definition) is 6. The third-order valence-corrected chi connectivity index (χ3v) is 7.32. The number of rotatable bonds is 5. The minimum absolute atomic E-state index is 0.0238. The van der Waals surface area contributed by atoms with E-state index in [-0.39, 0.29) is 46.4 Å². The van der Waals surface area contributed by atoms with E-state index >= 15 is 0 Å². The molecule has 1 aliphatic heterocycles. The minimum atomic E-state index is -3.38. The largest absolute Gasteiger partial charge is 0.446 e. The van der Waals surface area contributed by atoms with E-state index in [1.165, 1.54) is 12.1 Å². The maximum atomic E-state index is 14.8. The lowest BCUT2D eigenvalue weighted by Gasteiger charge is -2.14. The Bertz CT molecular complexity index is 1070. The normalized spacial score (nSPS) is 22.1. The molecule has 0 bridgehead atoms. The van der Waals surface area contributed by atoms with Crippen LogP contribution in [0.3, 0.4) is 0 Å². The van der Waals surface area contributed by atoms with Gasteiger partial charge < -0.3 is 15.4 Å². The molecule has 1 fully saturated rings. The van der Waals surface area contributed by atoms with Gasteiger partial charge in [0.1, 0.15) is 6.10 Å². The highest BCUT2D eigenvalue weighted by molar-refractivity contribution is 7.91. The number of alkyl carbamates (subject to hydrolysis) is 1. The van der Waals surface area contributed by atoms with Gasteiger partial charge in [-0.15, -0.1) is 0 Å². The second kappa shape index (κ2) is 7.90. The summed E-state index contributed by atoms with van der Waals surface area (Å²) in [5.41, 5.74) is 1.31. The van der Waals surface area contributed by atoms with Crippen LogP contribution in [0.15, 0.2) is 23.1 Å². The van der Waals surface area contributed by atoms with Gasteiger partial charge in [0, 0.05) is 29.3 Å². The third kappa shape index (κ3) is 4.14. The van der Waals surface area contributed by atoms with Crippen molar-refractivity contribution in [2.75, 3.05) is 11.1 Å². The van der Waals surface area contributed by atoms with Crippen molar-refractivity contribution in [2.45, 2.75) is 62.5 Å². The molecule has 2 heterocycles. The first-order chi connectivity index (χ1) is 14.2. The topological polar surface area (TPSA) is 113 Å². The van der Waals surface area contributed by atoms with Crippen LogP contribution in [0.25, 0.3) is 0 Å². The molecule has 3 N–H and O–H groups in total. The molecule has 0 saturated heterocycles. The Labute approximate surface area is 174 Å². The van der Waals surface area contributed by atoms with E-state index in [9.17, 15) is 17.6 Å². The molecular formula is C20H25FN4O4S. The molecule has 2 aliphatic rings. The lowest BCUT2D eigenvalue weighted by molar-refractivity contribution is 0.0981. The Balaban J connectivity index is 1.41. The highest BCUT2D eigenvalue weighted by atomic mass is 32.2. The van der Waals surface area contributed by atoms with Crippen molar-refractivity contribution in [3.63, 3.8) is 0 Å². The smallest absolute Gasteiger partial charge is 0.407 e. The van der Waals surface area contributed by atoms with E-state index in [1.807, 2.05) is 19.9 Å². The fourth-order valence-electron chi connectivity index (χ4n) is 4.07. The SMILES string of the molecule is CC(C)NC(=O)OC1CCC(c2cc(Nc3ccc4c(c3F)CCS4(=O)=O)n[nH]2)C1. The number of carbonyl (C=O) groups excluding carboxylic acids is 1. The first-order valence-corrected chi connectivity index (χ1v) is 11.7. The van der Waals surface area contributed by atoms with E-state index in [1.54, 1.807) is 0 Å². The summed E-state index contributed by atoms with van der Waals surface area (Å²) in [4.78, 5) is 11.9. The van der Waals surface area contributed by atoms with Gasteiger partial charge in [-0.05, 0) is 51.7 Å². The Hall–Kier alpha value is -2.62. The number of carbonyl (C=O) groups is 1. The second-order valence-corrected chi connectivity index (χ2v) is 10.2. The van der Waals surface area contributed by atoms with Gasteiger partial charge in [-0.1, -0.05) is 0 Å². The number of benzene rings is 1. The zero-order valence-electron chi connectivity index (χ0n) is 16.9. The standard InChI is InChI=1S/C20H25FN4O4S/c1-11(2)22-20(26)29-13-4-3-12(9-13)16-10-18(25-24-16)23-15-5-6-17-14(19(15)21)7-8-30(17,27)28/h5-6,10-13H,3-4,7-9H2,1-2H3,(H,22,26)(H2,23,24,25). The van der Waals surface area contributed by atoms with Crippen molar-refractivity contribution in [1.82, 2.24) is 15.5 Å². The van der Waals surface area contributed by atoms with Crippen LogP contribution in [0.2, 0.25) is 0 Å². The molecule has 162 valence electrons. The molecule has 2 aromatic rings. The van der Waals surface area contributed by atoms with Crippen LogP contribution in [-0.4, -0.2) is 42.6 Å². The van der Waals surface area contributed by atoms with Gasteiger partial charge in [0.05, 0.1) is 16.3 Å². The third-order valence-electron chi connectivity index (χ3n) is 5.52. The number of nitrogens with zero attached hydrogens (tertiary/aromatic N) is 1. The highest BCUT2D eigenvalue weighted by Crippen LogP contribution is 2.37. The number of nitrogens with one attached hydrogen (secondary N) is 3. The molecule has 1 saturated carbocycles. The summed E-state index contributed by atoms with van der Waals surface area (Å²) in [5, 5.41) is 12.8. The zero-order valence-corrected chi connectivity index (χ0v) is 17.7. The van der Waals surface area contributed by atoms with E-state index in [0.717, 1.165) is 18.5 Å². The van der Waals surface area contributed by atoms with Crippen LogP contribution < -0.4 is 10.6 Å². The summed E-state index contributed by atoms with van der Waals surface area (Å²) in [6, 6.07) is 4.70. The number of ether oxygens (including phenoxy) is 1. The molecule has 1 aromatic heterocycles. The van der Waals surface area contributed by atoms with E-state index < -0.39 is 21.7 Å². The van der Waals surface area contributed by atoms with Crippen LogP contribution in [-0.2, 0) is 21.0 Å². The van der Waals surface area contributed by atoms with Crippen molar-refractivity contribution >= 4 is 27.4 Å². The number of halogens is 1. The quantitative estimate of drug-likeness (QED) is 0.662.